The molecule has 0 spiro atoms. The van der Waals surface area contributed by atoms with Crippen LogP contribution in [0.15, 0.2) is 36.4 Å². The quantitative estimate of drug-likeness (QED) is 0.871. The summed E-state index contributed by atoms with van der Waals surface area (Å²) < 4.78 is 0. The van der Waals surface area contributed by atoms with Gasteiger partial charge in [0.15, 0.2) is 0 Å². The van der Waals surface area contributed by atoms with E-state index in [4.69, 9.17) is 0 Å². The second-order valence-electron chi connectivity index (χ2n) is 8.45. The first-order chi connectivity index (χ1) is 12.2. The van der Waals surface area contributed by atoms with Gasteiger partial charge in [0, 0.05) is 37.3 Å². The molecule has 0 unspecified atom stereocenters. The maximum atomic E-state index is 10.4. The number of nitrogens with zero attached hydrogens (tertiary/aromatic N) is 2. The van der Waals surface area contributed by atoms with E-state index in [0.717, 1.165) is 55.1 Å². The van der Waals surface area contributed by atoms with Crippen LogP contribution in [0.1, 0.15) is 36.1 Å². The Morgan fingerprint density at radius 1 is 0.808 bits per heavy atom. The molecular formula is C22H30N2O2. The van der Waals surface area contributed by atoms with Crippen molar-refractivity contribution < 1.29 is 10.2 Å². The number of rotatable bonds is 4. The number of hydrogen-bond donors (Lipinski definition) is 2. The van der Waals surface area contributed by atoms with E-state index < -0.39 is 0 Å². The molecule has 26 heavy (non-hydrogen) atoms. The van der Waals surface area contributed by atoms with Crippen molar-refractivity contribution in [3.63, 3.8) is 0 Å². The first kappa shape index (κ1) is 18.7. The summed E-state index contributed by atoms with van der Waals surface area (Å²) in [6.07, 6.45) is 0. The van der Waals surface area contributed by atoms with E-state index in [1.165, 1.54) is 0 Å². The number of para-hydroxylation sites is 2. The standard InChI is InChI=1S/C22H30N2O2/c1-16-7-5-9-18(20(16)25)11-23-13-22(3,4)14-24(15-23)12-19-10-6-8-17(2)21(19)26/h5-10,25-26H,11-15H2,1-4H3. The zero-order valence-electron chi connectivity index (χ0n) is 16.3. The molecule has 4 heteroatoms. The van der Waals surface area contributed by atoms with Gasteiger partial charge in [-0.15, -0.1) is 0 Å². The fourth-order valence-corrected chi connectivity index (χ4v) is 4.03. The van der Waals surface area contributed by atoms with Crippen molar-refractivity contribution in [3.05, 3.63) is 58.7 Å². The maximum absolute atomic E-state index is 10.4. The molecule has 140 valence electrons. The molecule has 1 aliphatic heterocycles. The summed E-state index contributed by atoms with van der Waals surface area (Å²) in [6, 6.07) is 11.9. The fraction of sp³-hybridized carbons (Fsp3) is 0.455. The second kappa shape index (κ2) is 7.29. The third-order valence-electron chi connectivity index (χ3n) is 5.13. The minimum atomic E-state index is 0.150. The van der Waals surface area contributed by atoms with Crippen molar-refractivity contribution in [1.82, 2.24) is 9.80 Å². The number of phenols is 2. The smallest absolute Gasteiger partial charge is 0.122 e. The van der Waals surface area contributed by atoms with Crippen LogP contribution in [0, 0.1) is 19.3 Å². The van der Waals surface area contributed by atoms with E-state index in [1.54, 1.807) is 0 Å². The average Bonchev–Trinajstić information content (AvgIpc) is 2.55. The Bertz CT molecular complexity index is 722. The Morgan fingerprint density at radius 3 is 1.65 bits per heavy atom. The Kier molecular flexibility index (Phi) is 5.26. The molecule has 2 aromatic carbocycles. The molecule has 0 atom stereocenters. The Balaban J connectivity index is 1.76. The molecule has 1 fully saturated rings. The van der Waals surface area contributed by atoms with Gasteiger partial charge < -0.3 is 10.2 Å². The third-order valence-corrected chi connectivity index (χ3v) is 5.13. The summed E-state index contributed by atoms with van der Waals surface area (Å²) in [4.78, 5) is 4.76. The molecule has 0 saturated carbocycles. The van der Waals surface area contributed by atoms with Gasteiger partial charge in [-0.05, 0) is 30.4 Å². The van der Waals surface area contributed by atoms with Gasteiger partial charge >= 0.3 is 0 Å². The largest absolute Gasteiger partial charge is 0.507 e. The molecule has 4 nitrogen and oxygen atoms in total. The summed E-state index contributed by atoms with van der Waals surface area (Å²) in [6.45, 7) is 12.7. The normalized spacial score (nSPS) is 18.2. The van der Waals surface area contributed by atoms with E-state index in [9.17, 15) is 10.2 Å². The summed E-state index contributed by atoms with van der Waals surface area (Å²) in [7, 11) is 0. The topological polar surface area (TPSA) is 46.9 Å². The molecule has 1 aliphatic rings. The third kappa shape index (κ3) is 4.19. The minimum absolute atomic E-state index is 0.150. The zero-order chi connectivity index (χ0) is 18.9. The average molecular weight is 354 g/mol. The van der Waals surface area contributed by atoms with Crippen molar-refractivity contribution >= 4 is 0 Å². The number of aromatic hydroxyl groups is 2. The van der Waals surface area contributed by atoms with Gasteiger partial charge in [0.2, 0.25) is 0 Å². The first-order valence-electron chi connectivity index (χ1n) is 9.25. The predicted octanol–water partition coefficient (Wildman–Crippen LogP) is 4.02. The van der Waals surface area contributed by atoms with Crippen LogP contribution in [-0.2, 0) is 13.1 Å². The molecule has 0 bridgehead atoms. The summed E-state index contributed by atoms with van der Waals surface area (Å²) in [5.74, 6) is 0.803. The van der Waals surface area contributed by atoms with E-state index in [2.05, 4.69) is 23.6 Å². The number of benzene rings is 2. The van der Waals surface area contributed by atoms with Gasteiger partial charge in [-0.25, -0.2) is 0 Å². The van der Waals surface area contributed by atoms with Crippen molar-refractivity contribution in [2.45, 2.75) is 40.8 Å². The van der Waals surface area contributed by atoms with Crippen LogP contribution < -0.4 is 0 Å². The molecule has 1 heterocycles. The summed E-state index contributed by atoms with van der Waals surface area (Å²) in [5.41, 5.74) is 3.93. The summed E-state index contributed by atoms with van der Waals surface area (Å²) >= 11 is 0. The lowest BCUT2D eigenvalue weighted by molar-refractivity contribution is -0.000857. The highest BCUT2D eigenvalue weighted by atomic mass is 16.3. The van der Waals surface area contributed by atoms with E-state index >= 15 is 0 Å². The first-order valence-corrected chi connectivity index (χ1v) is 9.25. The lowest BCUT2D eigenvalue weighted by Gasteiger charge is -2.45. The fourth-order valence-electron chi connectivity index (χ4n) is 4.03. The van der Waals surface area contributed by atoms with Gasteiger partial charge in [0.25, 0.3) is 0 Å². The van der Waals surface area contributed by atoms with Crippen LogP contribution in [0.2, 0.25) is 0 Å². The lowest BCUT2D eigenvalue weighted by Crippen LogP contribution is -2.52. The lowest BCUT2D eigenvalue weighted by atomic mass is 9.89. The zero-order valence-corrected chi connectivity index (χ0v) is 16.3. The van der Waals surface area contributed by atoms with Crippen LogP contribution >= 0.6 is 0 Å². The van der Waals surface area contributed by atoms with Crippen molar-refractivity contribution in [3.8, 4) is 11.5 Å². The molecule has 3 rings (SSSR count). The highest BCUT2D eigenvalue weighted by Crippen LogP contribution is 2.30. The van der Waals surface area contributed by atoms with Gasteiger partial charge in [0.05, 0.1) is 6.67 Å². The molecule has 2 N–H and O–H groups in total. The SMILES string of the molecule is Cc1cccc(CN2CN(Cc3cccc(C)c3O)CC(C)(C)C2)c1O. The van der Waals surface area contributed by atoms with Gasteiger partial charge in [-0.2, -0.15) is 0 Å². The van der Waals surface area contributed by atoms with Crippen LogP contribution in [0.5, 0.6) is 11.5 Å². The Hall–Kier alpha value is -2.04. The Labute approximate surface area is 156 Å². The number of hydrogen-bond acceptors (Lipinski definition) is 4. The van der Waals surface area contributed by atoms with Crippen LogP contribution in [0.25, 0.3) is 0 Å². The van der Waals surface area contributed by atoms with E-state index in [0.29, 0.717) is 11.5 Å². The van der Waals surface area contributed by atoms with Crippen molar-refractivity contribution in [1.29, 1.82) is 0 Å². The molecule has 0 aromatic heterocycles. The second-order valence-corrected chi connectivity index (χ2v) is 8.45. The van der Waals surface area contributed by atoms with E-state index in [-0.39, 0.29) is 5.41 Å². The van der Waals surface area contributed by atoms with Crippen LogP contribution in [0.4, 0.5) is 0 Å². The van der Waals surface area contributed by atoms with E-state index in [1.807, 2.05) is 50.2 Å². The molecule has 1 saturated heterocycles. The monoisotopic (exact) mass is 354 g/mol. The number of phenolic OH excluding ortho intramolecular Hbond substituents is 2. The van der Waals surface area contributed by atoms with Gasteiger partial charge in [-0.3, -0.25) is 9.80 Å². The predicted molar refractivity (Wildman–Crippen MR) is 105 cm³/mol. The van der Waals surface area contributed by atoms with Gasteiger partial charge in [0.1, 0.15) is 11.5 Å². The highest BCUT2D eigenvalue weighted by molar-refractivity contribution is 5.40. The summed E-state index contributed by atoms with van der Waals surface area (Å²) in [5, 5.41) is 20.7. The number of aryl methyl sites for hydroxylation is 2. The molecule has 0 amide bonds. The molecule has 0 radical (unpaired) electrons. The van der Waals surface area contributed by atoms with Crippen LogP contribution in [0.3, 0.4) is 0 Å². The van der Waals surface area contributed by atoms with Crippen molar-refractivity contribution in [2.24, 2.45) is 5.41 Å². The maximum Gasteiger partial charge on any atom is 0.122 e. The molecule has 2 aromatic rings. The highest BCUT2D eigenvalue weighted by Gasteiger charge is 2.31. The minimum Gasteiger partial charge on any atom is -0.507 e. The molecular weight excluding hydrogens is 324 g/mol. The van der Waals surface area contributed by atoms with Crippen molar-refractivity contribution in [2.75, 3.05) is 19.8 Å². The van der Waals surface area contributed by atoms with Gasteiger partial charge in [-0.1, -0.05) is 50.2 Å². The molecule has 0 aliphatic carbocycles. The van der Waals surface area contributed by atoms with Crippen LogP contribution in [-0.4, -0.2) is 39.8 Å². The Morgan fingerprint density at radius 2 is 1.23 bits per heavy atom.